The summed E-state index contributed by atoms with van der Waals surface area (Å²) < 4.78 is 0. The Morgan fingerprint density at radius 3 is 2.88 bits per heavy atom. The van der Waals surface area contributed by atoms with Gasteiger partial charge in [0.1, 0.15) is 11.3 Å². The number of carboxylic acids is 1. The second-order valence-electron chi connectivity index (χ2n) is 2.58. The van der Waals surface area contributed by atoms with E-state index in [0.29, 0.717) is 5.16 Å². The van der Waals surface area contributed by atoms with Crippen LogP contribution in [0.1, 0.15) is 11.7 Å². The highest BCUT2D eigenvalue weighted by atomic mass is 35.5. The lowest BCUT2D eigenvalue weighted by molar-refractivity contribution is -0.130. The summed E-state index contributed by atoms with van der Waals surface area (Å²) in [5, 5.41) is 18.3. The molecular formula is C9H7ClN2O3S. The predicted molar refractivity (Wildman–Crippen MR) is 59.2 cm³/mol. The molecule has 84 valence electrons. The number of aliphatic hydroxyl groups is 1. The molecule has 0 bridgehead atoms. The van der Waals surface area contributed by atoms with Gasteiger partial charge in [-0.25, -0.2) is 14.8 Å². The molecule has 0 aliphatic rings. The van der Waals surface area contributed by atoms with Crippen LogP contribution in [0.2, 0.25) is 5.15 Å². The van der Waals surface area contributed by atoms with Crippen LogP contribution in [0.25, 0.3) is 0 Å². The SMILES string of the molecule is CSc1ncc(C(O)C#CC(=O)O)c(Cl)n1. The number of nitrogens with zero attached hydrogens (tertiary/aromatic N) is 2. The number of hydrogen-bond donors (Lipinski definition) is 2. The number of halogens is 1. The van der Waals surface area contributed by atoms with E-state index < -0.39 is 12.1 Å². The molecule has 1 atom stereocenters. The molecule has 1 aromatic heterocycles. The second-order valence-corrected chi connectivity index (χ2v) is 3.71. The van der Waals surface area contributed by atoms with Crippen LogP contribution >= 0.6 is 23.4 Å². The van der Waals surface area contributed by atoms with Crippen molar-refractivity contribution in [2.24, 2.45) is 0 Å². The zero-order chi connectivity index (χ0) is 12.1. The van der Waals surface area contributed by atoms with Crippen molar-refractivity contribution in [2.75, 3.05) is 6.26 Å². The molecule has 0 amide bonds. The van der Waals surface area contributed by atoms with Gasteiger partial charge in [0.15, 0.2) is 5.16 Å². The fourth-order valence-electron chi connectivity index (χ4n) is 0.845. The number of rotatable bonds is 2. The standard InChI is InChI=1S/C9H7ClN2O3S/c1-16-9-11-4-5(8(10)12-9)6(13)2-3-7(14)15/h4,6,13H,1H3,(H,14,15). The maximum Gasteiger partial charge on any atom is 0.382 e. The van der Waals surface area contributed by atoms with Crippen molar-refractivity contribution in [1.29, 1.82) is 0 Å². The normalized spacial score (nSPS) is 11.4. The number of aromatic nitrogens is 2. The first kappa shape index (κ1) is 12.8. The highest BCUT2D eigenvalue weighted by molar-refractivity contribution is 7.98. The van der Waals surface area contributed by atoms with E-state index in [0.717, 1.165) is 0 Å². The van der Waals surface area contributed by atoms with Crippen LogP contribution in [0.5, 0.6) is 0 Å². The Morgan fingerprint density at radius 1 is 1.69 bits per heavy atom. The fourth-order valence-corrected chi connectivity index (χ4v) is 1.47. The Hall–Kier alpha value is -1.29. The Bertz CT molecular complexity index is 470. The minimum absolute atomic E-state index is 0.0616. The molecule has 0 saturated carbocycles. The summed E-state index contributed by atoms with van der Waals surface area (Å²) >= 11 is 7.08. The molecule has 1 heterocycles. The summed E-state index contributed by atoms with van der Waals surface area (Å²) in [6, 6.07) is 0. The molecule has 1 aromatic rings. The molecule has 7 heteroatoms. The summed E-state index contributed by atoms with van der Waals surface area (Å²) in [5.74, 6) is 2.59. The van der Waals surface area contributed by atoms with E-state index in [1.165, 1.54) is 18.0 Å². The van der Waals surface area contributed by atoms with E-state index in [1.807, 2.05) is 0 Å². The van der Waals surface area contributed by atoms with Gasteiger partial charge in [0.05, 0.1) is 0 Å². The molecular weight excluding hydrogens is 252 g/mol. The summed E-state index contributed by atoms with van der Waals surface area (Å²) in [6.07, 6.45) is 1.80. The zero-order valence-corrected chi connectivity index (χ0v) is 9.71. The molecule has 2 N–H and O–H groups in total. The second kappa shape index (κ2) is 5.70. The number of thioether (sulfide) groups is 1. The first-order chi connectivity index (χ1) is 7.54. The van der Waals surface area contributed by atoms with E-state index in [4.69, 9.17) is 16.7 Å². The van der Waals surface area contributed by atoms with E-state index in [-0.39, 0.29) is 10.7 Å². The number of hydrogen-bond acceptors (Lipinski definition) is 5. The van der Waals surface area contributed by atoms with E-state index in [9.17, 15) is 9.90 Å². The lowest BCUT2D eigenvalue weighted by Gasteiger charge is -2.05. The topological polar surface area (TPSA) is 83.3 Å². The van der Waals surface area contributed by atoms with Gasteiger partial charge in [0, 0.05) is 17.7 Å². The maximum atomic E-state index is 10.2. The Kier molecular flexibility index (Phi) is 4.55. The van der Waals surface area contributed by atoms with Gasteiger partial charge in [-0.05, 0) is 6.26 Å². The highest BCUT2D eigenvalue weighted by Crippen LogP contribution is 2.21. The molecule has 16 heavy (non-hydrogen) atoms. The summed E-state index contributed by atoms with van der Waals surface area (Å²) in [4.78, 5) is 17.9. The zero-order valence-electron chi connectivity index (χ0n) is 8.14. The van der Waals surface area contributed by atoms with Crippen LogP contribution in [-0.4, -0.2) is 32.4 Å². The highest BCUT2D eigenvalue weighted by Gasteiger charge is 2.11. The first-order valence-electron chi connectivity index (χ1n) is 4.03. The third-order valence-corrected chi connectivity index (χ3v) is 2.40. The Labute approximate surface area is 101 Å². The molecule has 0 saturated heterocycles. The van der Waals surface area contributed by atoms with Gasteiger partial charge in [0.25, 0.3) is 0 Å². The molecule has 0 aromatic carbocycles. The number of carbonyl (C=O) groups is 1. The van der Waals surface area contributed by atoms with Gasteiger partial charge >= 0.3 is 5.97 Å². The van der Waals surface area contributed by atoms with Crippen LogP contribution in [0.4, 0.5) is 0 Å². The summed E-state index contributed by atoms with van der Waals surface area (Å²) in [6.45, 7) is 0. The van der Waals surface area contributed by atoms with Crippen LogP contribution in [-0.2, 0) is 4.79 Å². The van der Waals surface area contributed by atoms with Gasteiger partial charge in [0.2, 0.25) is 0 Å². The molecule has 0 fully saturated rings. The summed E-state index contributed by atoms with van der Waals surface area (Å²) in [7, 11) is 0. The van der Waals surface area contributed by atoms with Crippen molar-refractivity contribution >= 4 is 29.3 Å². The average Bonchev–Trinajstić information content (AvgIpc) is 2.25. The largest absolute Gasteiger partial charge is 0.472 e. The quantitative estimate of drug-likeness (QED) is 0.356. The smallest absolute Gasteiger partial charge is 0.382 e. The third-order valence-electron chi connectivity index (χ3n) is 1.54. The van der Waals surface area contributed by atoms with Crippen molar-refractivity contribution in [2.45, 2.75) is 11.3 Å². The van der Waals surface area contributed by atoms with Crippen LogP contribution < -0.4 is 0 Å². The van der Waals surface area contributed by atoms with Gasteiger partial charge in [-0.1, -0.05) is 29.3 Å². The van der Waals surface area contributed by atoms with Gasteiger partial charge in [-0.2, -0.15) is 0 Å². The number of aliphatic hydroxyl groups excluding tert-OH is 1. The third kappa shape index (κ3) is 3.38. The van der Waals surface area contributed by atoms with Gasteiger partial charge in [-0.3, -0.25) is 0 Å². The Balaban J connectivity index is 2.97. The molecule has 0 radical (unpaired) electrons. The van der Waals surface area contributed by atoms with Crippen molar-refractivity contribution in [3.8, 4) is 11.8 Å². The van der Waals surface area contributed by atoms with Crippen LogP contribution in [0.3, 0.4) is 0 Å². The van der Waals surface area contributed by atoms with Crippen LogP contribution in [0.15, 0.2) is 11.4 Å². The van der Waals surface area contributed by atoms with Crippen molar-refractivity contribution in [3.63, 3.8) is 0 Å². The van der Waals surface area contributed by atoms with Crippen molar-refractivity contribution in [3.05, 3.63) is 16.9 Å². The van der Waals surface area contributed by atoms with E-state index in [2.05, 4.69) is 15.9 Å². The minimum atomic E-state index is -1.32. The fraction of sp³-hybridized carbons (Fsp3) is 0.222. The Morgan fingerprint density at radius 2 is 2.38 bits per heavy atom. The number of aliphatic carboxylic acids is 1. The lowest BCUT2D eigenvalue weighted by Crippen LogP contribution is -2.00. The molecule has 5 nitrogen and oxygen atoms in total. The molecule has 1 unspecified atom stereocenters. The van der Waals surface area contributed by atoms with E-state index in [1.54, 1.807) is 12.2 Å². The molecule has 0 aliphatic heterocycles. The monoisotopic (exact) mass is 258 g/mol. The van der Waals surface area contributed by atoms with Crippen molar-refractivity contribution in [1.82, 2.24) is 9.97 Å². The molecule has 0 aliphatic carbocycles. The molecule has 1 rings (SSSR count). The average molecular weight is 259 g/mol. The maximum absolute atomic E-state index is 10.2. The van der Waals surface area contributed by atoms with E-state index >= 15 is 0 Å². The van der Waals surface area contributed by atoms with Crippen LogP contribution in [0, 0.1) is 11.8 Å². The number of carboxylic acid groups (broad SMARTS) is 1. The predicted octanol–water partition coefficient (Wildman–Crippen LogP) is 0.973. The summed E-state index contributed by atoms with van der Waals surface area (Å²) in [5.41, 5.74) is 0.188. The molecule has 0 spiro atoms. The minimum Gasteiger partial charge on any atom is -0.472 e. The first-order valence-corrected chi connectivity index (χ1v) is 5.64. The van der Waals surface area contributed by atoms with Crippen molar-refractivity contribution < 1.29 is 15.0 Å². The van der Waals surface area contributed by atoms with Gasteiger partial charge in [-0.15, -0.1) is 0 Å². The van der Waals surface area contributed by atoms with Gasteiger partial charge < -0.3 is 10.2 Å². The lowest BCUT2D eigenvalue weighted by atomic mass is 10.2.